The van der Waals surface area contributed by atoms with Gasteiger partial charge < -0.3 is 5.32 Å². The third-order valence-electron chi connectivity index (χ3n) is 4.99. The Kier molecular flexibility index (Phi) is 8.26. The topological polar surface area (TPSA) is 69.7 Å². The summed E-state index contributed by atoms with van der Waals surface area (Å²) in [5.41, 5.74) is 1.13. The molecule has 0 saturated carbocycles. The summed E-state index contributed by atoms with van der Waals surface area (Å²) >= 11 is 0. The van der Waals surface area contributed by atoms with Crippen molar-refractivity contribution in [2.24, 2.45) is 0 Å². The highest BCUT2D eigenvalue weighted by molar-refractivity contribution is 7.89. The van der Waals surface area contributed by atoms with Crippen molar-refractivity contribution < 1.29 is 13.2 Å². The summed E-state index contributed by atoms with van der Waals surface area (Å²) in [5.74, 6) is 0.394. The van der Waals surface area contributed by atoms with Gasteiger partial charge in [-0.15, -0.1) is 0 Å². The average Bonchev–Trinajstić information content (AvgIpc) is 2.66. The summed E-state index contributed by atoms with van der Waals surface area (Å²) in [6.45, 7) is 9.34. The van der Waals surface area contributed by atoms with Gasteiger partial charge in [-0.1, -0.05) is 45.7 Å². The van der Waals surface area contributed by atoms with Gasteiger partial charge in [-0.05, 0) is 30.0 Å². The van der Waals surface area contributed by atoms with E-state index < -0.39 is 10.0 Å². The molecule has 0 aliphatic carbocycles. The van der Waals surface area contributed by atoms with E-state index in [1.54, 1.807) is 12.1 Å². The Labute approximate surface area is 164 Å². The molecule has 1 heterocycles. The highest BCUT2D eigenvalue weighted by Gasteiger charge is 2.29. The highest BCUT2D eigenvalue weighted by Crippen LogP contribution is 2.21. The number of benzene rings is 1. The van der Waals surface area contributed by atoms with Crippen molar-refractivity contribution in [3.63, 3.8) is 0 Å². The molecule has 1 aromatic rings. The summed E-state index contributed by atoms with van der Waals surface area (Å²) in [6.07, 6.45) is 3.26. The Morgan fingerprint density at radius 2 is 1.70 bits per heavy atom. The Bertz CT molecular complexity index is 694. The molecular formula is C20H33N3O3S. The molecule has 1 aliphatic heterocycles. The number of hydrogen-bond acceptors (Lipinski definition) is 4. The van der Waals surface area contributed by atoms with Gasteiger partial charge in [0.2, 0.25) is 15.9 Å². The summed E-state index contributed by atoms with van der Waals surface area (Å²) in [6, 6.07) is 7.16. The minimum atomic E-state index is -3.47. The fourth-order valence-electron chi connectivity index (χ4n) is 3.16. The number of sulfonamides is 1. The number of nitrogens with one attached hydrogen (secondary N) is 1. The minimum absolute atomic E-state index is 0.0201. The molecule has 0 bridgehead atoms. The van der Waals surface area contributed by atoms with Crippen LogP contribution in [0.25, 0.3) is 0 Å². The summed E-state index contributed by atoms with van der Waals surface area (Å²) in [5, 5.41) is 2.93. The molecule has 0 radical (unpaired) electrons. The van der Waals surface area contributed by atoms with Gasteiger partial charge in [0.05, 0.1) is 11.4 Å². The Morgan fingerprint density at radius 1 is 1.07 bits per heavy atom. The summed E-state index contributed by atoms with van der Waals surface area (Å²) < 4.78 is 27.2. The first-order valence-corrected chi connectivity index (χ1v) is 11.4. The van der Waals surface area contributed by atoms with Gasteiger partial charge in [0.15, 0.2) is 0 Å². The molecule has 0 unspecified atom stereocenters. The van der Waals surface area contributed by atoms with Gasteiger partial charge in [0, 0.05) is 32.7 Å². The van der Waals surface area contributed by atoms with E-state index in [0.717, 1.165) is 24.8 Å². The van der Waals surface area contributed by atoms with E-state index in [2.05, 4.69) is 26.1 Å². The largest absolute Gasteiger partial charge is 0.355 e. The quantitative estimate of drug-likeness (QED) is 0.652. The van der Waals surface area contributed by atoms with Crippen LogP contribution in [0.5, 0.6) is 0 Å². The second kappa shape index (κ2) is 10.2. The fraction of sp³-hybridized carbons (Fsp3) is 0.650. The standard InChI is InChI=1S/C20H33N3O3S/c1-4-5-6-11-21-20(24)16-22-12-14-23(15-13-22)27(25,26)19-9-7-18(8-10-19)17(2)3/h7-10,17H,4-6,11-16H2,1-3H3,(H,21,24). The lowest BCUT2D eigenvalue weighted by Crippen LogP contribution is -2.51. The first-order valence-electron chi connectivity index (χ1n) is 9.93. The van der Waals surface area contributed by atoms with Crippen LogP contribution in [0, 0.1) is 0 Å². The smallest absolute Gasteiger partial charge is 0.243 e. The van der Waals surface area contributed by atoms with Crippen LogP contribution in [0.1, 0.15) is 51.5 Å². The third kappa shape index (κ3) is 6.30. The van der Waals surface area contributed by atoms with E-state index in [1.807, 2.05) is 17.0 Å². The van der Waals surface area contributed by atoms with Crippen LogP contribution in [0.3, 0.4) is 0 Å². The predicted octanol–water partition coefficient (Wildman–Crippen LogP) is 2.42. The number of nitrogens with zero attached hydrogens (tertiary/aromatic N) is 2. The van der Waals surface area contributed by atoms with Crippen molar-refractivity contribution in [2.45, 2.75) is 50.8 Å². The van der Waals surface area contributed by atoms with Crippen LogP contribution in [0.4, 0.5) is 0 Å². The van der Waals surface area contributed by atoms with Gasteiger partial charge in [-0.2, -0.15) is 4.31 Å². The zero-order chi connectivity index (χ0) is 19.9. The lowest BCUT2D eigenvalue weighted by Gasteiger charge is -2.33. The lowest BCUT2D eigenvalue weighted by atomic mass is 10.0. The molecule has 2 rings (SSSR count). The molecule has 1 aliphatic rings. The number of hydrogen-bond donors (Lipinski definition) is 1. The molecule has 1 amide bonds. The Hall–Kier alpha value is -1.44. The molecule has 0 aromatic heterocycles. The van der Waals surface area contributed by atoms with Crippen molar-refractivity contribution in [3.05, 3.63) is 29.8 Å². The van der Waals surface area contributed by atoms with E-state index in [4.69, 9.17) is 0 Å². The lowest BCUT2D eigenvalue weighted by molar-refractivity contribution is -0.122. The van der Waals surface area contributed by atoms with Crippen molar-refractivity contribution in [1.82, 2.24) is 14.5 Å². The van der Waals surface area contributed by atoms with E-state index in [9.17, 15) is 13.2 Å². The van der Waals surface area contributed by atoms with Gasteiger partial charge >= 0.3 is 0 Å². The number of carbonyl (C=O) groups is 1. The molecular weight excluding hydrogens is 362 g/mol. The highest BCUT2D eigenvalue weighted by atomic mass is 32.2. The molecule has 1 aromatic carbocycles. The monoisotopic (exact) mass is 395 g/mol. The zero-order valence-corrected chi connectivity index (χ0v) is 17.6. The second-order valence-electron chi connectivity index (χ2n) is 7.46. The minimum Gasteiger partial charge on any atom is -0.355 e. The van der Waals surface area contributed by atoms with Crippen LogP contribution in [-0.2, 0) is 14.8 Å². The Balaban J connectivity index is 1.84. The number of unbranched alkanes of at least 4 members (excludes halogenated alkanes) is 2. The molecule has 0 spiro atoms. The number of amides is 1. The number of carbonyl (C=O) groups excluding carboxylic acids is 1. The maximum absolute atomic E-state index is 12.8. The van der Waals surface area contributed by atoms with Gasteiger partial charge in [-0.25, -0.2) is 8.42 Å². The van der Waals surface area contributed by atoms with Crippen molar-refractivity contribution in [1.29, 1.82) is 0 Å². The first kappa shape index (κ1) is 21.9. The van der Waals surface area contributed by atoms with Crippen molar-refractivity contribution in [3.8, 4) is 0 Å². The van der Waals surface area contributed by atoms with Gasteiger partial charge in [0.25, 0.3) is 0 Å². The van der Waals surface area contributed by atoms with Crippen LogP contribution < -0.4 is 5.32 Å². The summed E-state index contributed by atoms with van der Waals surface area (Å²) in [7, 11) is -3.47. The molecule has 27 heavy (non-hydrogen) atoms. The maximum Gasteiger partial charge on any atom is 0.243 e. The second-order valence-corrected chi connectivity index (χ2v) is 9.40. The molecule has 6 nitrogen and oxygen atoms in total. The molecule has 1 saturated heterocycles. The average molecular weight is 396 g/mol. The van der Waals surface area contributed by atoms with E-state index in [0.29, 0.717) is 50.1 Å². The van der Waals surface area contributed by atoms with Gasteiger partial charge in [-0.3, -0.25) is 9.69 Å². The molecule has 0 atom stereocenters. The maximum atomic E-state index is 12.8. The molecule has 1 fully saturated rings. The van der Waals surface area contributed by atoms with Crippen molar-refractivity contribution >= 4 is 15.9 Å². The third-order valence-corrected chi connectivity index (χ3v) is 6.90. The Morgan fingerprint density at radius 3 is 2.26 bits per heavy atom. The SMILES string of the molecule is CCCCCNC(=O)CN1CCN(S(=O)(=O)c2ccc(C(C)C)cc2)CC1. The van der Waals surface area contributed by atoms with E-state index in [1.165, 1.54) is 4.31 Å². The van der Waals surface area contributed by atoms with Crippen LogP contribution in [0.15, 0.2) is 29.2 Å². The normalized spacial score (nSPS) is 16.6. The number of rotatable bonds is 9. The van der Waals surface area contributed by atoms with Crippen LogP contribution >= 0.6 is 0 Å². The predicted molar refractivity (Wildman–Crippen MR) is 108 cm³/mol. The fourth-order valence-corrected chi connectivity index (χ4v) is 4.59. The van der Waals surface area contributed by atoms with E-state index in [-0.39, 0.29) is 5.91 Å². The van der Waals surface area contributed by atoms with Crippen LogP contribution in [0.2, 0.25) is 0 Å². The molecule has 7 heteroatoms. The molecule has 1 N–H and O–H groups in total. The van der Waals surface area contributed by atoms with E-state index >= 15 is 0 Å². The van der Waals surface area contributed by atoms with Crippen molar-refractivity contribution in [2.75, 3.05) is 39.3 Å². The zero-order valence-electron chi connectivity index (χ0n) is 16.8. The first-order chi connectivity index (χ1) is 12.8. The number of piperazine rings is 1. The van der Waals surface area contributed by atoms with Gasteiger partial charge in [0.1, 0.15) is 0 Å². The molecule has 152 valence electrons. The van der Waals surface area contributed by atoms with Crippen LogP contribution in [-0.4, -0.2) is 62.8 Å². The summed E-state index contributed by atoms with van der Waals surface area (Å²) in [4.78, 5) is 14.3.